The van der Waals surface area contributed by atoms with Gasteiger partial charge in [0.15, 0.2) is 6.61 Å². The second-order valence-electron chi connectivity index (χ2n) is 12.3. The fraction of sp³-hybridized carbons (Fsp3) is 0.353. The van der Waals surface area contributed by atoms with Crippen LogP contribution in [0.1, 0.15) is 50.5 Å². The zero-order valence-electron chi connectivity index (χ0n) is 26.1. The van der Waals surface area contributed by atoms with Crippen molar-refractivity contribution in [2.24, 2.45) is 5.41 Å². The number of hydrogen-bond acceptors (Lipinski definition) is 7. The molecule has 1 aliphatic rings. The average Bonchev–Trinajstić information content (AvgIpc) is 3.02. The van der Waals surface area contributed by atoms with E-state index in [4.69, 9.17) is 4.74 Å². The van der Waals surface area contributed by atoms with Crippen LogP contribution in [0.2, 0.25) is 0 Å². The van der Waals surface area contributed by atoms with Crippen molar-refractivity contribution >= 4 is 41.1 Å². The molecule has 0 radical (unpaired) electrons. The molecule has 3 aromatic rings. The minimum atomic E-state index is -1.16. The molecule has 1 aliphatic heterocycles. The Morgan fingerprint density at radius 2 is 1.53 bits per heavy atom. The highest BCUT2D eigenvalue weighted by Crippen LogP contribution is 2.46. The Morgan fingerprint density at radius 3 is 2.11 bits per heavy atom. The number of rotatable bonds is 14. The number of carbonyl (C=O) groups excluding carboxylic acids is 3. The normalized spacial score (nSPS) is 17.3. The molecule has 1 saturated heterocycles. The summed E-state index contributed by atoms with van der Waals surface area (Å²) in [6.07, 6.45) is -0.709. The quantitative estimate of drug-likeness (QED) is 0.185. The van der Waals surface area contributed by atoms with Gasteiger partial charge in [-0.3, -0.25) is 14.4 Å². The van der Waals surface area contributed by atoms with Crippen LogP contribution in [0.4, 0.5) is 14.5 Å². The molecule has 4 N–H and O–H groups in total. The smallest absolute Gasteiger partial charge is 0.326 e. The Bertz CT molecular complexity index is 1560. The van der Waals surface area contributed by atoms with Crippen molar-refractivity contribution in [3.05, 3.63) is 95.6 Å². The maximum absolute atomic E-state index is 13.6. The molecule has 0 bridgehead atoms. The van der Waals surface area contributed by atoms with E-state index in [0.29, 0.717) is 17.0 Å². The highest BCUT2D eigenvalue weighted by Gasteiger charge is 2.49. The number of nitrogens with one attached hydrogen (secondary N) is 2. The van der Waals surface area contributed by atoms with E-state index in [9.17, 15) is 38.2 Å². The Morgan fingerprint density at radius 1 is 0.936 bits per heavy atom. The minimum Gasteiger partial charge on any atom is -0.484 e. The zero-order chi connectivity index (χ0) is 34.3. The van der Waals surface area contributed by atoms with Crippen LogP contribution in [0.15, 0.2) is 72.8 Å². The number of aliphatic hydroxyl groups is 1. The number of hydrogen-bond donors (Lipinski definition) is 4. The largest absolute Gasteiger partial charge is 0.484 e. The molecular formula is C34H37F2N3O7S. The number of carboxylic acid groups (broad SMARTS) is 1. The molecular weight excluding hydrogens is 632 g/mol. The molecule has 1 unspecified atom stereocenters. The Labute approximate surface area is 275 Å². The molecule has 0 aromatic heterocycles. The van der Waals surface area contributed by atoms with Crippen LogP contribution in [0.25, 0.3) is 0 Å². The summed E-state index contributed by atoms with van der Waals surface area (Å²) < 4.78 is 32.5. The summed E-state index contributed by atoms with van der Waals surface area (Å²) in [5.74, 6) is -2.94. The Kier molecular flexibility index (Phi) is 11.6. The predicted octanol–water partition coefficient (Wildman–Crippen LogP) is 4.39. The van der Waals surface area contributed by atoms with E-state index >= 15 is 0 Å². The number of aliphatic hydroxyl groups excluding tert-OH is 1. The molecule has 4 atom stereocenters. The summed E-state index contributed by atoms with van der Waals surface area (Å²) >= 11 is 1.26. The molecule has 0 aliphatic carbocycles. The maximum atomic E-state index is 13.6. The van der Waals surface area contributed by atoms with Crippen molar-refractivity contribution in [2.45, 2.75) is 50.6 Å². The molecule has 47 heavy (non-hydrogen) atoms. The van der Waals surface area contributed by atoms with Crippen LogP contribution >= 0.6 is 11.8 Å². The molecule has 3 aromatic carbocycles. The molecule has 0 spiro atoms. The van der Waals surface area contributed by atoms with Gasteiger partial charge in [-0.2, -0.15) is 0 Å². The van der Waals surface area contributed by atoms with Gasteiger partial charge in [-0.05, 0) is 71.5 Å². The first-order valence-corrected chi connectivity index (χ1v) is 15.9. The lowest BCUT2D eigenvalue weighted by atomic mass is 9.88. The van der Waals surface area contributed by atoms with Crippen molar-refractivity contribution in [3.8, 4) is 5.75 Å². The number of carbonyl (C=O) groups is 4. The first-order valence-electron chi connectivity index (χ1n) is 14.9. The number of halogens is 2. The standard InChI is InChI=1S/C34H37F2N3O7S/c1-34(2,3)16-26(33(44)45)38-28(41)17-37-29(42)18-46-25-14-6-21(7-15-25)30-31(32(43)39(30)24-12-10-23(36)11-13-24)47-19-27(40)20-4-8-22(35)9-5-20/h4-15,26-27,30-31,40H,16-19H2,1-3H3,(H,37,42)(H,38,41)(H,44,45)/t26-,27?,30-,31-/m1/s1. The third kappa shape index (κ3) is 9.75. The number of amides is 3. The number of β-lactam (4-membered cyclic amide) rings is 1. The van der Waals surface area contributed by atoms with Gasteiger partial charge < -0.3 is 30.5 Å². The lowest BCUT2D eigenvalue weighted by Crippen LogP contribution is -2.57. The molecule has 13 heteroatoms. The highest BCUT2D eigenvalue weighted by atomic mass is 32.2. The predicted molar refractivity (Wildman–Crippen MR) is 173 cm³/mol. The summed E-state index contributed by atoms with van der Waals surface area (Å²) in [5.41, 5.74) is 1.43. The first-order chi connectivity index (χ1) is 22.2. The molecule has 250 valence electrons. The Hall–Kier alpha value is -4.49. The van der Waals surface area contributed by atoms with Gasteiger partial charge in [0.05, 0.1) is 18.7 Å². The number of anilines is 1. The number of carboxylic acids is 1. The lowest BCUT2D eigenvalue weighted by Gasteiger charge is -2.47. The average molecular weight is 670 g/mol. The van der Waals surface area contributed by atoms with E-state index in [2.05, 4.69) is 10.6 Å². The second-order valence-corrected chi connectivity index (χ2v) is 13.5. The number of thioether (sulfide) groups is 1. The van der Waals surface area contributed by atoms with Gasteiger partial charge in [0.2, 0.25) is 11.8 Å². The van der Waals surface area contributed by atoms with Gasteiger partial charge in [-0.15, -0.1) is 11.8 Å². The summed E-state index contributed by atoms with van der Waals surface area (Å²) in [4.78, 5) is 50.8. The van der Waals surface area contributed by atoms with Crippen LogP contribution in [0, 0.1) is 17.0 Å². The Balaban J connectivity index is 1.36. The van der Waals surface area contributed by atoms with E-state index in [1.807, 2.05) is 20.8 Å². The van der Waals surface area contributed by atoms with Gasteiger partial charge in [-0.25, -0.2) is 13.6 Å². The third-order valence-corrected chi connectivity index (χ3v) is 8.65. The van der Waals surface area contributed by atoms with Gasteiger partial charge in [0, 0.05) is 11.4 Å². The zero-order valence-corrected chi connectivity index (χ0v) is 26.9. The third-order valence-electron chi connectivity index (χ3n) is 7.33. The SMILES string of the molecule is CC(C)(C)C[C@@H](NC(=O)CNC(=O)COc1ccc([C@@H]2[C@@H](SCC(O)c3ccc(F)cc3)C(=O)N2c2ccc(F)cc2)cc1)C(=O)O. The van der Waals surface area contributed by atoms with Gasteiger partial charge in [0.1, 0.15) is 28.7 Å². The molecule has 10 nitrogen and oxygen atoms in total. The number of ether oxygens (including phenoxy) is 1. The fourth-order valence-electron chi connectivity index (χ4n) is 5.01. The molecule has 0 saturated carbocycles. The summed E-state index contributed by atoms with van der Waals surface area (Å²) in [7, 11) is 0. The molecule has 1 heterocycles. The second kappa shape index (κ2) is 15.4. The van der Waals surface area contributed by atoms with E-state index < -0.39 is 66.0 Å². The van der Waals surface area contributed by atoms with E-state index in [-0.39, 0.29) is 23.5 Å². The molecule has 3 amide bonds. The number of nitrogens with zero attached hydrogens (tertiary/aromatic N) is 1. The van der Waals surface area contributed by atoms with E-state index in [1.54, 1.807) is 29.2 Å². The first kappa shape index (κ1) is 35.4. The molecule has 1 fully saturated rings. The van der Waals surface area contributed by atoms with Gasteiger partial charge in [-0.1, -0.05) is 45.0 Å². The molecule has 4 rings (SSSR count). The number of benzene rings is 3. The van der Waals surface area contributed by atoms with Crippen molar-refractivity contribution in [2.75, 3.05) is 23.8 Å². The van der Waals surface area contributed by atoms with Crippen molar-refractivity contribution in [1.82, 2.24) is 10.6 Å². The van der Waals surface area contributed by atoms with Crippen LogP contribution < -0.4 is 20.3 Å². The lowest BCUT2D eigenvalue weighted by molar-refractivity contribution is -0.142. The minimum absolute atomic E-state index is 0.178. The van der Waals surface area contributed by atoms with Crippen molar-refractivity contribution in [1.29, 1.82) is 0 Å². The van der Waals surface area contributed by atoms with Gasteiger partial charge >= 0.3 is 5.97 Å². The summed E-state index contributed by atoms with van der Waals surface area (Å²) in [6.45, 7) is 4.75. The topological polar surface area (TPSA) is 145 Å². The summed E-state index contributed by atoms with van der Waals surface area (Å²) in [6, 6.07) is 16.2. The van der Waals surface area contributed by atoms with Gasteiger partial charge in [0.25, 0.3) is 5.91 Å². The van der Waals surface area contributed by atoms with E-state index in [0.717, 1.165) is 5.56 Å². The van der Waals surface area contributed by atoms with Crippen LogP contribution in [0.5, 0.6) is 5.75 Å². The van der Waals surface area contributed by atoms with Crippen molar-refractivity contribution < 1.29 is 42.9 Å². The fourth-order valence-corrected chi connectivity index (χ4v) is 6.31. The monoisotopic (exact) mass is 669 g/mol. The number of aliphatic carboxylic acids is 1. The highest BCUT2D eigenvalue weighted by molar-refractivity contribution is 8.00. The van der Waals surface area contributed by atoms with E-state index in [1.165, 1.54) is 60.3 Å². The van der Waals surface area contributed by atoms with Crippen LogP contribution in [-0.4, -0.2) is 64.1 Å². The van der Waals surface area contributed by atoms with Crippen LogP contribution in [0.3, 0.4) is 0 Å². The maximum Gasteiger partial charge on any atom is 0.326 e. The summed E-state index contributed by atoms with van der Waals surface area (Å²) in [5, 5.41) is 24.3. The van der Waals surface area contributed by atoms with Crippen molar-refractivity contribution in [3.63, 3.8) is 0 Å². The van der Waals surface area contributed by atoms with Crippen LogP contribution in [-0.2, 0) is 19.2 Å².